The summed E-state index contributed by atoms with van der Waals surface area (Å²) in [4.78, 5) is 12.9. The van der Waals surface area contributed by atoms with Crippen molar-refractivity contribution >= 4 is 5.97 Å². The number of nitrogens with one attached hydrogen (secondary N) is 1. The van der Waals surface area contributed by atoms with Gasteiger partial charge in [-0.2, -0.15) is 0 Å². The molecule has 1 aromatic rings. The largest absolute Gasteiger partial charge is 0.493 e. The second-order valence-electron chi connectivity index (χ2n) is 8.47. The zero-order valence-corrected chi connectivity index (χ0v) is 17.7. The predicted molar refractivity (Wildman–Crippen MR) is 107 cm³/mol. The first-order chi connectivity index (χ1) is 13.4. The van der Waals surface area contributed by atoms with E-state index in [-0.39, 0.29) is 36.1 Å². The van der Waals surface area contributed by atoms with Crippen LogP contribution in [0.4, 0.5) is 0 Å². The molecule has 0 spiro atoms. The summed E-state index contributed by atoms with van der Waals surface area (Å²) in [5, 5.41) is 3.60. The summed E-state index contributed by atoms with van der Waals surface area (Å²) < 4.78 is 22.1. The molecule has 0 radical (unpaired) electrons. The molecule has 3 rings (SSSR count). The second-order valence-corrected chi connectivity index (χ2v) is 8.47. The Morgan fingerprint density at radius 1 is 1.29 bits per heavy atom. The molecule has 1 saturated heterocycles. The fourth-order valence-corrected chi connectivity index (χ4v) is 4.64. The molecule has 28 heavy (non-hydrogen) atoms. The van der Waals surface area contributed by atoms with Crippen LogP contribution in [-0.2, 0) is 9.53 Å². The molecule has 6 nitrogen and oxygen atoms in total. The minimum absolute atomic E-state index is 0.00452. The number of fused-ring (bicyclic) bond motifs is 1. The first-order valence-electron chi connectivity index (χ1n) is 10.3. The molecule has 1 aromatic carbocycles. The van der Waals surface area contributed by atoms with Crippen LogP contribution in [-0.4, -0.2) is 39.1 Å². The Kier molecular flexibility index (Phi) is 6.38. The SMILES string of the molecule is CCCC(C)(C)C[C@H]1NC[C@H](c2cc(OC)c3c(c2)OCO3)[C@@H]1C(=O)OCC. The van der Waals surface area contributed by atoms with Crippen molar-refractivity contribution in [1.82, 2.24) is 5.32 Å². The smallest absolute Gasteiger partial charge is 0.311 e. The van der Waals surface area contributed by atoms with Gasteiger partial charge in [-0.25, -0.2) is 0 Å². The van der Waals surface area contributed by atoms with E-state index in [2.05, 4.69) is 26.1 Å². The van der Waals surface area contributed by atoms with Crippen LogP contribution in [0.15, 0.2) is 12.1 Å². The molecule has 1 fully saturated rings. The summed E-state index contributed by atoms with van der Waals surface area (Å²) in [7, 11) is 1.62. The van der Waals surface area contributed by atoms with E-state index in [1.54, 1.807) is 7.11 Å². The average Bonchev–Trinajstić information content (AvgIpc) is 3.27. The Morgan fingerprint density at radius 3 is 2.75 bits per heavy atom. The zero-order chi connectivity index (χ0) is 20.3. The average molecular weight is 392 g/mol. The number of hydrogen-bond donors (Lipinski definition) is 1. The number of ether oxygens (including phenoxy) is 4. The van der Waals surface area contributed by atoms with Crippen LogP contribution in [0.5, 0.6) is 17.2 Å². The zero-order valence-electron chi connectivity index (χ0n) is 17.7. The van der Waals surface area contributed by atoms with Crippen LogP contribution in [0.2, 0.25) is 0 Å². The van der Waals surface area contributed by atoms with Crippen molar-refractivity contribution in [3.8, 4) is 17.2 Å². The van der Waals surface area contributed by atoms with E-state index >= 15 is 0 Å². The van der Waals surface area contributed by atoms with Gasteiger partial charge in [-0.1, -0.05) is 27.2 Å². The van der Waals surface area contributed by atoms with Crippen LogP contribution in [0.25, 0.3) is 0 Å². The van der Waals surface area contributed by atoms with Crippen molar-refractivity contribution in [3.05, 3.63) is 17.7 Å². The van der Waals surface area contributed by atoms with E-state index in [9.17, 15) is 4.79 Å². The van der Waals surface area contributed by atoms with Crippen molar-refractivity contribution in [3.63, 3.8) is 0 Å². The minimum Gasteiger partial charge on any atom is -0.493 e. The Labute approximate surface area is 167 Å². The topological polar surface area (TPSA) is 66.0 Å². The van der Waals surface area contributed by atoms with Crippen LogP contribution in [0, 0.1) is 11.3 Å². The highest BCUT2D eigenvalue weighted by atomic mass is 16.7. The molecule has 0 aromatic heterocycles. The summed E-state index contributed by atoms with van der Waals surface area (Å²) in [6.45, 7) is 9.90. The fraction of sp³-hybridized carbons (Fsp3) is 0.682. The van der Waals surface area contributed by atoms with Gasteiger partial charge in [0.15, 0.2) is 11.5 Å². The molecule has 156 valence electrons. The molecule has 0 unspecified atom stereocenters. The van der Waals surface area contributed by atoms with Gasteiger partial charge in [0.2, 0.25) is 12.5 Å². The van der Waals surface area contributed by atoms with E-state index in [4.69, 9.17) is 18.9 Å². The highest BCUT2D eigenvalue weighted by Gasteiger charge is 2.45. The standard InChI is InChI=1S/C22H33NO5/c1-6-8-22(3,4)11-16-19(21(24)26-7-2)15(12-23-16)14-9-17(25-5)20-18(10-14)27-13-28-20/h9-10,15-16,19,23H,6-8,11-13H2,1-5H3/t15-,16-,19+/m1/s1. The molecule has 2 heterocycles. The van der Waals surface area contributed by atoms with E-state index in [1.165, 1.54) is 0 Å². The molecule has 1 N–H and O–H groups in total. The second kappa shape index (κ2) is 8.60. The molecule has 3 atom stereocenters. The Morgan fingerprint density at radius 2 is 2.07 bits per heavy atom. The number of carbonyl (C=O) groups is 1. The summed E-state index contributed by atoms with van der Waals surface area (Å²) in [6.07, 6.45) is 3.19. The van der Waals surface area contributed by atoms with Gasteiger partial charge in [-0.3, -0.25) is 4.79 Å². The Bertz CT molecular complexity index is 702. The van der Waals surface area contributed by atoms with Gasteiger partial charge in [0.25, 0.3) is 0 Å². The number of hydrogen-bond acceptors (Lipinski definition) is 6. The lowest BCUT2D eigenvalue weighted by Crippen LogP contribution is -2.37. The lowest BCUT2D eigenvalue weighted by Gasteiger charge is -2.31. The first-order valence-corrected chi connectivity index (χ1v) is 10.3. The maximum Gasteiger partial charge on any atom is 0.311 e. The van der Waals surface area contributed by atoms with Crippen LogP contribution in [0.1, 0.15) is 58.4 Å². The van der Waals surface area contributed by atoms with Crippen molar-refractivity contribution in [2.24, 2.45) is 11.3 Å². The van der Waals surface area contributed by atoms with Gasteiger partial charge in [0.05, 0.1) is 19.6 Å². The molecule has 0 amide bonds. The quantitative estimate of drug-likeness (QED) is 0.679. The highest BCUT2D eigenvalue weighted by molar-refractivity contribution is 5.75. The summed E-state index contributed by atoms with van der Waals surface area (Å²) in [5.41, 5.74) is 1.18. The molecule has 0 aliphatic carbocycles. The lowest BCUT2D eigenvalue weighted by atomic mass is 9.76. The van der Waals surface area contributed by atoms with Crippen molar-refractivity contribution in [2.45, 2.75) is 58.9 Å². The molecule has 6 heteroatoms. The number of benzene rings is 1. The molecule has 0 saturated carbocycles. The molecule has 0 bridgehead atoms. The predicted octanol–water partition coefficient (Wildman–Crippen LogP) is 3.88. The van der Waals surface area contributed by atoms with Gasteiger partial charge in [-0.15, -0.1) is 0 Å². The summed E-state index contributed by atoms with van der Waals surface area (Å²) in [6, 6.07) is 4.02. The monoisotopic (exact) mass is 391 g/mol. The van der Waals surface area contributed by atoms with Crippen molar-refractivity contribution in [1.29, 1.82) is 0 Å². The minimum atomic E-state index is -0.235. The molecule has 2 aliphatic heterocycles. The number of esters is 1. The van der Waals surface area contributed by atoms with Crippen molar-refractivity contribution < 1.29 is 23.7 Å². The van der Waals surface area contributed by atoms with E-state index in [0.29, 0.717) is 23.9 Å². The van der Waals surface area contributed by atoms with Gasteiger partial charge in [0, 0.05) is 18.5 Å². The number of methoxy groups -OCH3 is 1. The van der Waals surface area contributed by atoms with Gasteiger partial charge < -0.3 is 24.3 Å². The Balaban J connectivity index is 1.90. The van der Waals surface area contributed by atoms with E-state index < -0.39 is 0 Å². The molecular formula is C22H33NO5. The maximum atomic E-state index is 12.9. The number of carbonyl (C=O) groups excluding carboxylic acids is 1. The van der Waals surface area contributed by atoms with E-state index in [0.717, 1.165) is 31.4 Å². The molecular weight excluding hydrogens is 358 g/mol. The van der Waals surface area contributed by atoms with Gasteiger partial charge >= 0.3 is 5.97 Å². The third kappa shape index (κ3) is 4.22. The third-order valence-electron chi connectivity index (χ3n) is 5.83. The number of rotatable bonds is 8. The van der Waals surface area contributed by atoms with Crippen LogP contribution in [0.3, 0.4) is 0 Å². The van der Waals surface area contributed by atoms with E-state index in [1.807, 2.05) is 19.1 Å². The highest BCUT2D eigenvalue weighted by Crippen LogP contribution is 2.46. The fourth-order valence-electron chi connectivity index (χ4n) is 4.64. The maximum absolute atomic E-state index is 12.9. The van der Waals surface area contributed by atoms with Gasteiger partial charge in [-0.05, 0) is 42.9 Å². The van der Waals surface area contributed by atoms with Crippen molar-refractivity contribution in [2.75, 3.05) is 27.1 Å². The third-order valence-corrected chi connectivity index (χ3v) is 5.83. The van der Waals surface area contributed by atoms with Crippen LogP contribution >= 0.6 is 0 Å². The summed E-state index contributed by atoms with van der Waals surface area (Å²) in [5.74, 6) is 1.58. The summed E-state index contributed by atoms with van der Waals surface area (Å²) >= 11 is 0. The Hall–Kier alpha value is -1.95. The first kappa shape index (κ1) is 20.8. The lowest BCUT2D eigenvalue weighted by molar-refractivity contribution is -0.149. The van der Waals surface area contributed by atoms with Gasteiger partial charge in [0.1, 0.15) is 0 Å². The van der Waals surface area contributed by atoms with Crippen LogP contribution < -0.4 is 19.5 Å². The molecule has 2 aliphatic rings. The normalized spacial score (nSPS) is 23.7.